The molecule has 4 nitrogen and oxygen atoms in total. The van der Waals surface area contributed by atoms with E-state index >= 15 is 0 Å². The van der Waals surface area contributed by atoms with Gasteiger partial charge in [-0.25, -0.2) is 4.39 Å². The van der Waals surface area contributed by atoms with Crippen LogP contribution in [-0.2, 0) is 13.6 Å². The van der Waals surface area contributed by atoms with E-state index in [4.69, 9.17) is 4.74 Å². The second-order valence-electron chi connectivity index (χ2n) is 4.72. The number of nitrogens with zero attached hydrogens (tertiary/aromatic N) is 2. The maximum Gasteiger partial charge on any atom is 0.167 e. The van der Waals surface area contributed by atoms with Gasteiger partial charge in [0.25, 0.3) is 0 Å². The van der Waals surface area contributed by atoms with E-state index in [9.17, 15) is 4.39 Å². The van der Waals surface area contributed by atoms with Gasteiger partial charge < -0.3 is 10.1 Å². The maximum atomic E-state index is 13.9. The summed E-state index contributed by atoms with van der Waals surface area (Å²) in [4.78, 5) is 0. The summed E-state index contributed by atoms with van der Waals surface area (Å²) in [5, 5.41) is 7.25. The van der Waals surface area contributed by atoms with Crippen LogP contribution in [0.25, 0.3) is 0 Å². The van der Waals surface area contributed by atoms with Crippen LogP contribution in [0.4, 0.5) is 4.39 Å². The molecule has 5 heteroatoms. The predicted octanol–water partition coefficient (Wildman–Crippen LogP) is 2.85. The summed E-state index contributed by atoms with van der Waals surface area (Å²) in [5.74, 6) is 0.411. The van der Waals surface area contributed by atoms with E-state index < -0.39 is 0 Å². The zero-order valence-corrected chi connectivity index (χ0v) is 11.4. The zero-order chi connectivity index (χ0) is 13.8. The van der Waals surface area contributed by atoms with Crippen molar-refractivity contribution < 1.29 is 9.13 Å². The molecule has 2 aromatic rings. The van der Waals surface area contributed by atoms with Crippen molar-refractivity contribution in [3.05, 3.63) is 42.0 Å². The summed E-state index contributed by atoms with van der Waals surface area (Å²) in [6.45, 7) is 4.65. The summed E-state index contributed by atoms with van der Waals surface area (Å²) in [6.07, 6.45) is 3.26. The van der Waals surface area contributed by atoms with Crippen molar-refractivity contribution in [1.29, 1.82) is 0 Å². The highest BCUT2D eigenvalue weighted by molar-refractivity contribution is 5.38. The SMILES string of the molecule is CC(C)NCc1cccc(F)c1Oc1cnn(C)c1. The minimum Gasteiger partial charge on any atom is -0.451 e. The molecule has 0 amide bonds. The molecule has 1 heterocycles. The van der Waals surface area contributed by atoms with Gasteiger partial charge in [0, 0.05) is 25.2 Å². The fourth-order valence-corrected chi connectivity index (χ4v) is 1.69. The number of benzene rings is 1. The topological polar surface area (TPSA) is 39.1 Å². The van der Waals surface area contributed by atoms with Crippen LogP contribution in [0.3, 0.4) is 0 Å². The lowest BCUT2D eigenvalue weighted by Crippen LogP contribution is -2.22. The highest BCUT2D eigenvalue weighted by atomic mass is 19.1. The number of rotatable bonds is 5. The van der Waals surface area contributed by atoms with E-state index in [1.165, 1.54) is 6.07 Å². The third-order valence-electron chi connectivity index (χ3n) is 2.65. The predicted molar refractivity (Wildman–Crippen MR) is 71.7 cm³/mol. The number of hydrogen-bond acceptors (Lipinski definition) is 3. The molecular weight excluding hydrogens is 245 g/mol. The van der Waals surface area contributed by atoms with Gasteiger partial charge in [-0.05, 0) is 6.07 Å². The Labute approximate surface area is 112 Å². The van der Waals surface area contributed by atoms with Crippen LogP contribution in [0.1, 0.15) is 19.4 Å². The fraction of sp³-hybridized carbons (Fsp3) is 0.357. The second-order valence-corrected chi connectivity index (χ2v) is 4.72. The van der Waals surface area contributed by atoms with Crippen LogP contribution < -0.4 is 10.1 Å². The number of ether oxygens (including phenoxy) is 1. The molecule has 0 bridgehead atoms. The van der Waals surface area contributed by atoms with Crippen molar-refractivity contribution in [1.82, 2.24) is 15.1 Å². The first kappa shape index (κ1) is 13.5. The molecule has 0 atom stereocenters. The van der Waals surface area contributed by atoms with Crippen LogP contribution in [0.2, 0.25) is 0 Å². The standard InChI is InChI=1S/C14H18FN3O/c1-10(2)16-7-11-5-4-6-13(15)14(11)19-12-8-17-18(3)9-12/h4-6,8-10,16H,7H2,1-3H3. The summed E-state index contributed by atoms with van der Waals surface area (Å²) < 4.78 is 21.1. The number of aromatic nitrogens is 2. The van der Waals surface area contributed by atoms with Crippen LogP contribution in [0.5, 0.6) is 11.5 Å². The van der Waals surface area contributed by atoms with E-state index in [1.54, 1.807) is 30.2 Å². The van der Waals surface area contributed by atoms with E-state index in [0.717, 1.165) is 5.56 Å². The van der Waals surface area contributed by atoms with Crippen LogP contribution in [-0.4, -0.2) is 15.8 Å². The Morgan fingerprint density at radius 1 is 1.42 bits per heavy atom. The summed E-state index contributed by atoms with van der Waals surface area (Å²) in [5.41, 5.74) is 0.789. The van der Waals surface area contributed by atoms with E-state index in [-0.39, 0.29) is 11.6 Å². The largest absolute Gasteiger partial charge is 0.451 e. The Balaban J connectivity index is 2.22. The van der Waals surface area contributed by atoms with Crippen molar-refractivity contribution in [2.75, 3.05) is 0 Å². The molecule has 0 aliphatic carbocycles. The Morgan fingerprint density at radius 2 is 2.21 bits per heavy atom. The quantitative estimate of drug-likeness (QED) is 0.901. The van der Waals surface area contributed by atoms with Gasteiger partial charge >= 0.3 is 0 Å². The summed E-state index contributed by atoms with van der Waals surface area (Å²) in [7, 11) is 1.79. The Bertz CT molecular complexity index is 551. The number of aryl methyl sites for hydroxylation is 1. The molecule has 1 N–H and O–H groups in total. The van der Waals surface area contributed by atoms with Crippen molar-refractivity contribution in [3.63, 3.8) is 0 Å². The molecule has 0 aliphatic rings. The van der Waals surface area contributed by atoms with Gasteiger partial charge in [0.05, 0.1) is 12.4 Å². The van der Waals surface area contributed by atoms with Crippen LogP contribution in [0, 0.1) is 5.82 Å². The monoisotopic (exact) mass is 263 g/mol. The molecule has 0 fully saturated rings. The average Bonchev–Trinajstić information content (AvgIpc) is 2.75. The molecule has 0 aliphatic heterocycles. The van der Waals surface area contributed by atoms with Gasteiger partial charge in [-0.1, -0.05) is 26.0 Å². The number of nitrogens with one attached hydrogen (secondary N) is 1. The molecule has 102 valence electrons. The molecule has 2 rings (SSSR count). The minimum absolute atomic E-state index is 0.253. The minimum atomic E-state index is -0.369. The first-order valence-electron chi connectivity index (χ1n) is 6.23. The molecule has 1 aromatic carbocycles. The Morgan fingerprint density at radius 3 is 2.84 bits per heavy atom. The van der Waals surface area contributed by atoms with Crippen molar-refractivity contribution in [2.45, 2.75) is 26.4 Å². The Kier molecular flexibility index (Phi) is 4.16. The first-order valence-corrected chi connectivity index (χ1v) is 6.23. The van der Waals surface area contributed by atoms with Gasteiger partial charge in [0.1, 0.15) is 0 Å². The lowest BCUT2D eigenvalue weighted by Gasteiger charge is -2.13. The third kappa shape index (κ3) is 3.54. The fourth-order valence-electron chi connectivity index (χ4n) is 1.69. The lowest BCUT2D eigenvalue weighted by atomic mass is 10.2. The van der Waals surface area contributed by atoms with Crippen LogP contribution in [0.15, 0.2) is 30.6 Å². The molecule has 0 saturated heterocycles. The van der Waals surface area contributed by atoms with E-state index in [1.807, 2.05) is 19.9 Å². The lowest BCUT2D eigenvalue weighted by molar-refractivity contribution is 0.431. The van der Waals surface area contributed by atoms with Gasteiger partial charge in [-0.3, -0.25) is 4.68 Å². The number of halogens is 1. The molecule has 1 aromatic heterocycles. The maximum absolute atomic E-state index is 13.9. The van der Waals surface area contributed by atoms with E-state index in [2.05, 4.69) is 10.4 Å². The number of hydrogen-bond donors (Lipinski definition) is 1. The highest BCUT2D eigenvalue weighted by Crippen LogP contribution is 2.28. The first-order chi connectivity index (χ1) is 9.06. The van der Waals surface area contributed by atoms with Crippen molar-refractivity contribution >= 4 is 0 Å². The van der Waals surface area contributed by atoms with Gasteiger partial charge in [0.2, 0.25) is 0 Å². The summed E-state index contributed by atoms with van der Waals surface area (Å²) >= 11 is 0. The Hall–Kier alpha value is -1.88. The zero-order valence-electron chi connectivity index (χ0n) is 11.4. The number of para-hydroxylation sites is 1. The smallest absolute Gasteiger partial charge is 0.167 e. The second kappa shape index (κ2) is 5.84. The highest BCUT2D eigenvalue weighted by Gasteiger charge is 2.12. The molecule has 0 radical (unpaired) electrons. The molecule has 19 heavy (non-hydrogen) atoms. The molecule has 0 saturated carbocycles. The van der Waals surface area contributed by atoms with Crippen molar-refractivity contribution in [3.8, 4) is 11.5 Å². The normalized spacial score (nSPS) is 11.0. The third-order valence-corrected chi connectivity index (χ3v) is 2.65. The van der Waals surface area contributed by atoms with Crippen molar-refractivity contribution in [2.24, 2.45) is 7.05 Å². The van der Waals surface area contributed by atoms with Gasteiger partial charge in [-0.15, -0.1) is 0 Å². The average molecular weight is 263 g/mol. The molecule has 0 unspecified atom stereocenters. The molecular formula is C14H18FN3O. The van der Waals surface area contributed by atoms with Gasteiger partial charge in [-0.2, -0.15) is 5.10 Å². The molecule has 0 spiro atoms. The van der Waals surface area contributed by atoms with Gasteiger partial charge in [0.15, 0.2) is 17.3 Å². The summed E-state index contributed by atoms with van der Waals surface area (Å²) in [6, 6.07) is 5.26. The van der Waals surface area contributed by atoms with Crippen LogP contribution >= 0.6 is 0 Å². The van der Waals surface area contributed by atoms with E-state index in [0.29, 0.717) is 18.3 Å².